The van der Waals surface area contributed by atoms with E-state index >= 15 is 0 Å². The molecule has 3 fully saturated rings. The number of ether oxygens (including phenoxy) is 2. The van der Waals surface area contributed by atoms with Crippen molar-refractivity contribution in [2.45, 2.75) is 31.5 Å². The van der Waals surface area contributed by atoms with Crippen LogP contribution in [0.15, 0.2) is 34.8 Å². The monoisotopic (exact) mass is 413 g/mol. The number of hydrogen-bond donors (Lipinski definition) is 1. The van der Waals surface area contributed by atoms with Crippen LogP contribution in [0.25, 0.3) is 6.08 Å². The lowest BCUT2D eigenvalue weighted by molar-refractivity contribution is -0.169. The van der Waals surface area contributed by atoms with Gasteiger partial charge in [-0.25, -0.2) is 4.99 Å². The minimum absolute atomic E-state index is 0.0104. The predicted octanol–water partition coefficient (Wildman–Crippen LogP) is 2.76. The van der Waals surface area contributed by atoms with E-state index in [1.165, 1.54) is 21.8 Å². The van der Waals surface area contributed by atoms with Crippen molar-refractivity contribution in [1.82, 2.24) is 5.32 Å². The van der Waals surface area contributed by atoms with Crippen molar-refractivity contribution in [2.24, 2.45) is 4.99 Å². The summed E-state index contributed by atoms with van der Waals surface area (Å²) in [7, 11) is -0.101. The summed E-state index contributed by atoms with van der Waals surface area (Å²) < 4.78 is 11.7. The van der Waals surface area contributed by atoms with E-state index in [0.29, 0.717) is 5.75 Å². The molecular formula is C22H27N3O3S. The normalized spacial score (nSPS) is 29.3. The lowest BCUT2D eigenvalue weighted by Gasteiger charge is -2.38. The third-order valence-corrected chi connectivity index (χ3v) is 7.97. The van der Waals surface area contributed by atoms with E-state index < -0.39 is 0 Å². The van der Waals surface area contributed by atoms with Crippen LogP contribution >= 0.6 is 10.5 Å². The van der Waals surface area contributed by atoms with Gasteiger partial charge in [-0.1, -0.05) is 23.8 Å². The molecule has 1 spiro atoms. The van der Waals surface area contributed by atoms with E-state index in [0.717, 1.165) is 58.5 Å². The Hall–Kier alpha value is -1.80. The van der Waals surface area contributed by atoms with Crippen molar-refractivity contribution < 1.29 is 14.3 Å². The van der Waals surface area contributed by atoms with Crippen LogP contribution in [0.3, 0.4) is 0 Å². The standard InChI is InChI=1S/C22H27N3O3S/c26-20-15-29(16-24-20)21-6-3-18(14-23-21)13-17-1-4-19(5-2-17)25-9-7-22(8-10-25)27-11-12-28-22/h1-2,4-5,13,16,23H,3,6-12,14-15H2/b18-13-. The van der Waals surface area contributed by atoms with Crippen LogP contribution in [-0.4, -0.2) is 60.8 Å². The quantitative estimate of drug-likeness (QED) is 0.756. The van der Waals surface area contributed by atoms with Crippen LogP contribution in [-0.2, 0) is 14.3 Å². The van der Waals surface area contributed by atoms with Gasteiger partial charge in [0.1, 0.15) is 0 Å². The lowest BCUT2D eigenvalue weighted by atomic mass is 10.0. The second-order valence-electron chi connectivity index (χ2n) is 7.97. The first kappa shape index (κ1) is 19.2. The summed E-state index contributed by atoms with van der Waals surface area (Å²) in [6, 6.07) is 8.85. The molecule has 1 aromatic carbocycles. The van der Waals surface area contributed by atoms with Gasteiger partial charge >= 0.3 is 0 Å². The van der Waals surface area contributed by atoms with Gasteiger partial charge in [-0.15, -0.1) is 10.5 Å². The average molecular weight is 414 g/mol. The Kier molecular flexibility index (Phi) is 5.39. The molecule has 4 aliphatic heterocycles. The molecule has 1 unspecified atom stereocenters. The molecule has 0 bridgehead atoms. The predicted molar refractivity (Wildman–Crippen MR) is 119 cm³/mol. The average Bonchev–Trinajstić information content (AvgIpc) is 3.39. The van der Waals surface area contributed by atoms with Crippen molar-refractivity contribution in [3.63, 3.8) is 0 Å². The number of amides is 1. The number of benzene rings is 1. The van der Waals surface area contributed by atoms with Gasteiger partial charge < -0.3 is 14.4 Å². The van der Waals surface area contributed by atoms with Gasteiger partial charge in [0, 0.05) is 43.2 Å². The summed E-state index contributed by atoms with van der Waals surface area (Å²) in [5.74, 6) is 0.248. The number of nitrogens with zero attached hydrogens (tertiary/aromatic N) is 2. The van der Waals surface area contributed by atoms with E-state index in [4.69, 9.17) is 9.47 Å². The molecule has 0 aromatic heterocycles. The van der Waals surface area contributed by atoms with Crippen LogP contribution in [0, 0.1) is 0 Å². The zero-order chi connectivity index (χ0) is 19.7. The third kappa shape index (κ3) is 4.23. The third-order valence-electron chi connectivity index (χ3n) is 6.07. The molecule has 0 saturated carbocycles. The van der Waals surface area contributed by atoms with Crippen LogP contribution in [0.5, 0.6) is 0 Å². The topological polar surface area (TPSA) is 63.2 Å². The van der Waals surface area contributed by atoms with E-state index in [1.54, 1.807) is 0 Å². The molecule has 0 radical (unpaired) electrons. The van der Waals surface area contributed by atoms with Crippen molar-refractivity contribution in [3.05, 3.63) is 35.4 Å². The lowest BCUT2D eigenvalue weighted by Crippen LogP contribution is -2.45. The van der Waals surface area contributed by atoms with Crippen LogP contribution in [0.1, 0.15) is 31.2 Å². The summed E-state index contributed by atoms with van der Waals surface area (Å²) in [5.41, 5.74) is 5.74. The fourth-order valence-corrected chi connectivity index (χ4v) is 5.98. The Labute approximate surface area is 173 Å². The highest BCUT2D eigenvalue weighted by atomic mass is 32.2. The highest BCUT2D eigenvalue weighted by Gasteiger charge is 2.39. The largest absolute Gasteiger partial charge is 0.371 e. The molecule has 5 rings (SSSR count). The maximum Gasteiger partial charge on any atom is 0.256 e. The first-order valence-electron chi connectivity index (χ1n) is 10.4. The summed E-state index contributed by atoms with van der Waals surface area (Å²) >= 11 is 0. The molecular weight excluding hydrogens is 386 g/mol. The number of nitrogens with one attached hydrogen (secondary N) is 1. The number of carbonyl (C=O) groups excluding carboxylic acids is 1. The van der Waals surface area contributed by atoms with E-state index in [-0.39, 0.29) is 22.2 Å². The molecule has 1 N–H and O–H groups in total. The highest BCUT2D eigenvalue weighted by molar-refractivity contribution is 8.28. The Morgan fingerprint density at radius 3 is 2.48 bits per heavy atom. The fourth-order valence-electron chi connectivity index (χ4n) is 4.40. The number of carbonyl (C=O) groups is 1. The minimum Gasteiger partial charge on any atom is -0.371 e. The molecule has 4 aliphatic rings. The zero-order valence-electron chi connectivity index (χ0n) is 16.6. The van der Waals surface area contributed by atoms with Gasteiger partial charge in [-0.05, 0) is 30.5 Å². The molecule has 7 heteroatoms. The maximum absolute atomic E-state index is 11.3. The second-order valence-corrected chi connectivity index (χ2v) is 9.82. The van der Waals surface area contributed by atoms with Gasteiger partial charge in [0.25, 0.3) is 5.91 Å². The maximum atomic E-state index is 11.3. The summed E-state index contributed by atoms with van der Waals surface area (Å²) in [6.45, 7) is 4.25. The Morgan fingerprint density at radius 1 is 1.10 bits per heavy atom. The molecule has 6 nitrogen and oxygen atoms in total. The molecule has 4 heterocycles. The van der Waals surface area contributed by atoms with Gasteiger partial charge in [-0.3, -0.25) is 10.1 Å². The number of anilines is 1. The van der Waals surface area contributed by atoms with Crippen LogP contribution in [0.2, 0.25) is 0 Å². The summed E-state index contributed by atoms with van der Waals surface area (Å²) in [4.78, 5) is 19.0. The van der Waals surface area contributed by atoms with Crippen molar-refractivity contribution in [2.75, 3.05) is 43.5 Å². The van der Waals surface area contributed by atoms with Gasteiger partial charge in [0.2, 0.25) is 0 Å². The van der Waals surface area contributed by atoms with E-state index in [9.17, 15) is 4.79 Å². The molecule has 1 aromatic rings. The first-order chi connectivity index (χ1) is 14.2. The Morgan fingerprint density at radius 2 is 1.86 bits per heavy atom. The number of rotatable bonds is 2. The molecule has 0 aliphatic carbocycles. The van der Waals surface area contributed by atoms with Gasteiger partial charge in [-0.2, -0.15) is 0 Å². The smallest absolute Gasteiger partial charge is 0.256 e. The molecule has 154 valence electrons. The molecule has 1 amide bonds. The molecule has 3 saturated heterocycles. The SMILES string of the molecule is O=C1C/S(=C2\CC/C(=C/c3ccc(N4CCC5(CC4)OCCO5)cc3)CN2)C=N1. The Bertz CT molecular complexity index is 863. The van der Waals surface area contributed by atoms with Gasteiger partial charge in [0.05, 0.1) is 24.5 Å². The number of piperidine rings is 2. The van der Waals surface area contributed by atoms with Crippen LogP contribution in [0.4, 0.5) is 5.69 Å². The van der Waals surface area contributed by atoms with Crippen molar-refractivity contribution >= 4 is 38.7 Å². The number of aliphatic imine (C=N–C) groups is 1. The van der Waals surface area contributed by atoms with E-state index in [1.807, 2.05) is 5.55 Å². The van der Waals surface area contributed by atoms with Gasteiger partial charge in [0.15, 0.2) is 5.79 Å². The molecule has 1 atom stereocenters. The summed E-state index contributed by atoms with van der Waals surface area (Å²) in [5, 5.41) is 3.52. The first-order valence-corrected chi connectivity index (χ1v) is 11.8. The van der Waals surface area contributed by atoms with Crippen molar-refractivity contribution in [1.29, 1.82) is 0 Å². The van der Waals surface area contributed by atoms with Crippen molar-refractivity contribution in [3.8, 4) is 0 Å². The summed E-state index contributed by atoms with van der Waals surface area (Å²) in [6.07, 6.45) is 6.19. The fraction of sp³-hybridized carbons (Fsp3) is 0.500. The highest BCUT2D eigenvalue weighted by Crippen LogP contribution is 2.33. The Balaban J connectivity index is 1.18. The van der Waals surface area contributed by atoms with Crippen LogP contribution < -0.4 is 10.2 Å². The molecule has 29 heavy (non-hydrogen) atoms. The minimum atomic E-state index is -0.317. The zero-order valence-corrected chi connectivity index (χ0v) is 17.4. The number of hydrogen-bond acceptors (Lipinski definition) is 4. The second kappa shape index (κ2) is 8.14. The van der Waals surface area contributed by atoms with E-state index in [2.05, 4.69) is 45.6 Å².